The quantitative estimate of drug-likeness (QED) is 0.619. The van der Waals surface area contributed by atoms with E-state index in [4.69, 9.17) is 0 Å². The van der Waals surface area contributed by atoms with Crippen molar-refractivity contribution < 1.29 is 19.4 Å². The highest BCUT2D eigenvalue weighted by Crippen LogP contribution is 2.24. The summed E-state index contributed by atoms with van der Waals surface area (Å²) in [7, 11) is 0. The number of hydrogen-bond donors (Lipinski definition) is 3. The smallest absolute Gasteiger partial charge is 0.317 e. The van der Waals surface area contributed by atoms with Gasteiger partial charge in [-0.2, -0.15) is 0 Å². The fourth-order valence-corrected chi connectivity index (χ4v) is 3.66. The number of benzene rings is 2. The number of aliphatic hydroxyl groups is 2. The van der Waals surface area contributed by atoms with Crippen molar-refractivity contribution in [2.45, 2.75) is 31.9 Å². The number of halogens is 1. The molecule has 1 saturated heterocycles. The maximum absolute atomic E-state index is 14.6. The summed E-state index contributed by atoms with van der Waals surface area (Å²) >= 11 is 0. The maximum Gasteiger partial charge on any atom is 0.317 e. The third-order valence-corrected chi connectivity index (χ3v) is 5.43. The van der Waals surface area contributed by atoms with Gasteiger partial charge in [-0.05, 0) is 42.5 Å². The fourth-order valence-electron chi connectivity index (χ4n) is 3.66. The van der Waals surface area contributed by atoms with E-state index in [2.05, 4.69) is 5.32 Å². The van der Waals surface area contributed by atoms with Crippen LogP contribution in [0.15, 0.2) is 48.5 Å². The lowest BCUT2D eigenvalue weighted by Gasteiger charge is -2.31. The monoisotopic (exact) mass is 415 g/mol. The molecule has 1 aliphatic heterocycles. The van der Waals surface area contributed by atoms with Gasteiger partial charge < -0.3 is 25.3 Å². The molecular weight excluding hydrogens is 385 g/mol. The zero-order valence-electron chi connectivity index (χ0n) is 17.1. The molecule has 3 rings (SSSR count). The first kappa shape index (κ1) is 22.1. The van der Waals surface area contributed by atoms with E-state index in [-0.39, 0.29) is 37.6 Å². The van der Waals surface area contributed by atoms with E-state index >= 15 is 0 Å². The van der Waals surface area contributed by atoms with Crippen LogP contribution in [0, 0.1) is 5.82 Å². The van der Waals surface area contributed by atoms with Crippen molar-refractivity contribution >= 4 is 11.7 Å². The predicted molar refractivity (Wildman–Crippen MR) is 115 cm³/mol. The zero-order valence-corrected chi connectivity index (χ0v) is 17.1. The van der Waals surface area contributed by atoms with Crippen LogP contribution in [0.4, 0.5) is 14.9 Å². The molecule has 0 spiro atoms. The number of carbonyl (C=O) groups is 1. The Labute approximate surface area is 176 Å². The molecule has 2 aromatic carbocycles. The van der Waals surface area contributed by atoms with Crippen molar-refractivity contribution in [3.8, 4) is 0 Å². The number of amides is 2. The number of carbonyl (C=O) groups excluding carboxylic acids is 1. The number of anilines is 1. The van der Waals surface area contributed by atoms with Crippen LogP contribution in [0.1, 0.15) is 24.0 Å². The first-order valence-corrected chi connectivity index (χ1v) is 10.5. The Morgan fingerprint density at radius 2 is 1.83 bits per heavy atom. The van der Waals surface area contributed by atoms with Gasteiger partial charge in [-0.1, -0.05) is 36.4 Å². The lowest BCUT2D eigenvalue weighted by molar-refractivity contribution is 0.145. The molecule has 2 aromatic rings. The van der Waals surface area contributed by atoms with Crippen molar-refractivity contribution in [3.05, 3.63) is 65.5 Å². The molecule has 0 aliphatic carbocycles. The van der Waals surface area contributed by atoms with Gasteiger partial charge in [-0.15, -0.1) is 0 Å². The Kier molecular flexibility index (Phi) is 8.04. The first-order chi connectivity index (χ1) is 14.6. The van der Waals surface area contributed by atoms with Gasteiger partial charge in [0.15, 0.2) is 0 Å². The molecule has 1 fully saturated rings. The molecule has 0 bridgehead atoms. The maximum atomic E-state index is 14.6. The van der Waals surface area contributed by atoms with E-state index in [0.29, 0.717) is 50.1 Å². The Balaban J connectivity index is 1.53. The Hall–Kier alpha value is -2.64. The van der Waals surface area contributed by atoms with Crippen molar-refractivity contribution in [1.29, 1.82) is 0 Å². The average Bonchev–Trinajstić information content (AvgIpc) is 2.76. The number of aliphatic hydroxyl groups excluding tert-OH is 2. The van der Waals surface area contributed by atoms with Crippen molar-refractivity contribution in [2.24, 2.45) is 0 Å². The topological polar surface area (TPSA) is 76.0 Å². The van der Waals surface area contributed by atoms with Gasteiger partial charge in [0.2, 0.25) is 0 Å². The molecule has 7 heteroatoms. The van der Waals surface area contributed by atoms with Gasteiger partial charge in [0, 0.05) is 32.7 Å². The van der Waals surface area contributed by atoms with E-state index in [1.807, 2.05) is 41.3 Å². The second-order valence-corrected chi connectivity index (χ2v) is 7.61. The Morgan fingerprint density at radius 1 is 1.10 bits per heavy atom. The van der Waals surface area contributed by atoms with Crippen LogP contribution in [-0.4, -0.2) is 60.0 Å². The van der Waals surface area contributed by atoms with Crippen LogP contribution in [0.2, 0.25) is 0 Å². The predicted octanol–water partition coefficient (Wildman–Crippen LogP) is 2.53. The second kappa shape index (κ2) is 10.9. The number of urea groups is 1. The summed E-state index contributed by atoms with van der Waals surface area (Å²) in [6, 6.07) is 14.6. The van der Waals surface area contributed by atoms with Crippen LogP contribution in [-0.2, 0) is 13.0 Å². The highest BCUT2D eigenvalue weighted by atomic mass is 19.1. The van der Waals surface area contributed by atoms with Crippen molar-refractivity contribution in [2.75, 3.05) is 37.7 Å². The molecule has 30 heavy (non-hydrogen) atoms. The summed E-state index contributed by atoms with van der Waals surface area (Å²) in [6.45, 7) is 2.09. The summed E-state index contributed by atoms with van der Waals surface area (Å²) in [4.78, 5) is 16.0. The van der Waals surface area contributed by atoms with Crippen molar-refractivity contribution in [3.63, 3.8) is 0 Å². The summed E-state index contributed by atoms with van der Waals surface area (Å²) in [5.74, 6) is -0.325. The SMILES string of the molecule is O=C(NCc1ccc(N2CCC(O)CC2)c(F)c1)N(CCO)CCc1ccccc1. The van der Waals surface area contributed by atoms with Crippen LogP contribution >= 0.6 is 0 Å². The molecule has 0 atom stereocenters. The lowest BCUT2D eigenvalue weighted by Crippen LogP contribution is -2.42. The molecule has 3 N–H and O–H groups in total. The van der Waals surface area contributed by atoms with E-state index in [1.165, 1.54) is 6.07 Å². The standard InChI is InChI=1S/C23H30FN3O3/c24-21-16-19(6-7-22(21)26-12-9-20(29)10-13-26)17-25-23(30)27(14-15-28)11-8-18-4-2-1-3-5-18/h1-7,16,20,28-29H,8-15,17H2,(H,25,30). The first-order valence-electron chi connectivity index (χ1n) is 10.5. The van der Waals surface area contributed by atoms with Gasteiger partial charge in [-0.25, -0.2) is 9.18 Å². The Bertz CT molecular complexity index is 811. The van der Waals surface area contributed by atoms with E-state index in [0.717, 1.165) is 5.56 Å². The number of piperidine rings is 1. The summed E-state index contributed by atoms with van der Waals surface area (Å²) in [5, 5.41) is 21.7. The molecule has 1 heterocycles. The van der Waals surface area contributed by atoms with Gasteiger partial charge >= 0.3 is 6.03 Å². The minimum atomic E-state index is -0.325. The van der Waals surface area contributed by atoms with Crippen LogP contribution < -0.4 is 10.2 Å². The molecule has 0 unspecified atom stereocenters. The molecule has 0 radical (unpaired) electrons. The van der Waals surface area contributed by atoms with Gasteiger partial charge in [0.25, 0.3) is 0 Å². The number of hydrogen-bond acceptors (Lipinski definition) is 4. The summed E-state index contributed by atoms with van der Waals surface area (Å²) in [6.07, 6.45) is 1.67. The largest absolute Gasteiger partial charge is 0.395 e. The third kappa shape index (κ3) is 6.18. The van der Waals surface area contributed by atoms with Gasteiger partial charge in [0.1, 0.15) is 5.82 Å². The molecule has 0 saturated carbocycles. The fraction of sp³-hybridized carbons (Fsp3) is 0.435. The van der Waals surface area contributed by atoms with Crippen molar-refractivity contribution in [1.82, 2.24) is 10.2 Å². The normalized spacial score (nSPS) is 14.6. The summed E-state index contributed by atoms with van der Waals surface area (Å²) in [5.41, 5.74) is 2.33. The van der Waals surface area contributed by atoms with Gasteiger partial charge in [-0.3, -0.25) is 0 Å². The van der Waals surface area contributed by atoms with E-state index in [9.17, 15) is 19.4 Å². The number of nitrogens with zero attached hydrogens (tertiary/aromatic N) is 2. The second-order valence-electron chi connectivity index (χ2n) is 7.61. The van der Waals surface area contributed by atoms with E-state index in [1.54, 1.807) is 11.0 Å². The average molecular weight is 416 g/mol. The number of nitrogens with one attached hydrogen (secondary N) is 1. The minimum absolute atomic E-state index is 0.115. The third-order valence-electron chi connectivity index (χ3n) is 5.43. The van der Waals surface area contributed by atoms with E-state index < -0.39 is 0 Å². The zero-order chi connectivity index (χ0) is 21.3. The van der Waals surface area contributed by atoms with Crippen LogP contribution in [0.5, 0.6) is 0 Å². The molecule has 2 amide bonds. The molecule has 6 nitrogen and oxygen atoms in total. The number of rotatable bonds is 8. The highest BCUT2D eigenvalue weighted by molar-refractivity contribution is 5.74. The molecule has 162 valence electrons. The van der Waals surface area contributed by atoms with Crippen LogP contribution in [0.25, 0.3) is 0 Å². The van der Waals surface area contributed by atoms with Gasteiger partial charge in [0.05, 0.1) is 18.4 Å². The van der Waals surface area contributed by atoms with Crippen LogP contribution in [0.3, 0.4) is 0 Å². The lowest BCUT2D eigenvalue weighted by atomic mass is 10.1. The summed E-state index contributed by atoms with van der Waals surface area (Å²) < 4.78 is 14.6. The molecule has 1 aliphatic rings. The Morgan fingerprint density at radius 3 is 2.50 bits per heavy atom. The minimum Gasteiger partial charge on any atom is -0.395 e. The highest BCUT2D eigenvalue weighted by Gasteiger charge is 2.20. The molecular formula is C23H30FN3O3. The molecule has 0 aromatic heterocycles.